The van der Waals surface area contributed by atoms with Gasteiger partial charge in [0, 0.05) is 0 Å². The van der Waals surface area contributed by atoms with Crippen LogP contribution in [0.1, 0.15) is 25.3 Å². The normalized spacial score (nSPS) is 14.1. The van der Waals surface area contributed by atoms with Gasteiger partial charge < -0.3 is 38.3 Å². The molecule has 0 fully saturated rings. The van der Waals surface area contributed by atoms with Crippen molar-refractivity contribution < 1.29 is 33.9 Å². The molecule has 4 unspecified atom stereocenters. The summed E-state index contributed by atoms with van der Waals surface area (Å²) in [4.78, 5) is 70.7. The predicted molar refractivity (Wildman–Crippen MR) is 115 cm³/mol. The zero-order chi connectivity index (χ0) is 25.1. The number of carbonyl (C=O) groups excluding carboxylic acids is 5. The second kappa shape index (κ2) is 12.8. The monoisotopic (exact) mass is 464 g/mol. The Hall–Kier alpha value is -4.00. The van der Waals surface area contributed by atoms with Crippen LogP contribution in [0.5, 0.6) is 0 Å². The molecule has 13 nitrogen and oxygen atoms in total. The lowest BCUT2D eigenvalue weighted by Crippen LogP contribution is -2.57. The van der Waals surface area contributed by atoms with Crippen LogP contribution in [-0.2, 0) is 35.2 Å². The van der Waals surface area contributed by atoms with Crippen molar-refractivity contribution in [1.82, 2.24) is 16.0 Å². The fraction of sp³-hybridized carbons (Fsp3) is 0.400. The smallest absolute Gasteiger partial charge is 0.326 e. The Balaban J connectivity index is 2.78. The van der Waals surface area contributed by atoms with Gasteiger partial charge in [0.15, 0.2) is 0 Å². The van der Waals surface area contributed by atoms with Gasteiger partial charge in [-0.1, -0.05) is 30.3 Å². The van der Waals surface area contributed by atoms with Crippen molar-refractivity contribution in [1.29, 1.82) is 0 Å². The number of primary amides is 2. The number of benzene rings is 1. The summed E-state index contributed by atoms with van der Waals surface area (Å²) in [6.07, 6.45) is -1.04. The zero-order valence-corrected chi connectivity index (χ0v) is 17.9. The summed E-state index contributed by atoms with van der Waals surface area (Å²) in [7, 11) is 0. The molecule has 1 aromatic carbocycles. The van der Waals surface area contributed by atoms with Crippen LogP contribution in [0.2, 0.25) is 0 Å². The summed E-state index contributed by atoms with van der Waals surface area (Å²) in [5, 5.41) is 15.7. The van der Waals surface area contributed by atoms with Crippen molar-refractivity contribution >= 4 is 35.5 Å². The van der Waals surface area contributed by atoms with Crippen LogP contribution in [0.3, 0.4) is 0 Å². The molecule has 5 amide bonds. The number of rotatable bonds is 13. The molecule has 0 spiro atoms. The highest BCUT2D eigenvalue weighted by Gasteiger charge is 2.29. The van der Waals surface area contributed by atoms with E-state index in [-0.39, 0.29) is 6.42 Å². The highest BCUT2D eigenvalue weighted by atomic mass is 16.4. The van der Waals surface area contributed by atoms with Gasteiger partial charge in [0.1, 0.15) is 18.1 Å². The molecular weight excluding hydrogens is 436 g/mol. The maximum absolute atomic E-state index is 12.6. The van der Waals surface area contributed by atoms with Crippen molar-refractivity contribution in [3.63, 3.8) is 0 Å². The molecule has 0 bridgehead atoms. The fourth-order valence-electron chi connectivity index (χ4n) is 2.73. The highest BCUT2D eigenvalue weighted by molar-refractivity contribution is 5.96. The lowest BCUT2D eigenvalue weighted by molar-refractivity contribution is -0.143. The van der Waals surface area contributed by atoms with Crippen LogP contribution < -0.4 is 33.2 Å². The van der Waals surface area contributed by atoms with Gasteiger partial charge in [-0.25, -0.2) is 4.79 Å². The van der Waals surface area contributed by atoms with E-state index < -0.39 is 72.5 Å². The third-order valence-corrected chi connectivity index (χ3v) is 4.45. The van der Waals surface area contributed by atoms with Gasteiger partial charge in [-0.2, -0.15) is 0 Å². The van der Waals surface area contributed by atoms with Gasteiger partial charge in [0.05, 0.1) is 18.9 Å². The molecule has 33 heavy (non-hydrogen) atoms. The summed E-state index contributed by atoms with van der Waals surface area (Å²) in [6, 6.07) is 3.56. The molecular formula is C20H28N6O7. The zero-order valence-electron chi connectivity index (χ0n) is 17.9. The van der Waals surface area contributed by atoms with Gasteiger partial charge in [-0.15, -0.1) is 0 Å². The van der Waals surface area contributed by atoms with Crippen molar-refractivity contribution in [2.45, 2.75) is 50.4 Å². The molecule has 10 N–H and O–H groups in total. The fourth-order valence-corrected chi connectivity index (χ4v) is 2.73. The summed E-state index contributed by atoms with van der Waals surface area (Å²) in [5.74, 6) is -5.90. The standard InChI is InChI=1S/C20H28N6O7/c1-10(17(29)26-14(20(32)33)9-16(23)28)24-19(31)13(8-15(22)27)25-18(30)12(21)7-11-5-3-2-4-6-11/h2-6,10,12-14H,7-9,21H2,1H3,(H2,22,27)(H2,23,28)(H,24,31)(H,25,30)(H,26,29)(H,32,33). The molecule has 0 aromatic heterocycles. The van der Waals surface area contributed by atoms with E-state index in [2.05, 4.69) is 16.0 Å². The van der Waals surface area contributed by atoms with E-state index in [9.17, 15) is 28.8 Å². The topological polar surface area (TPSA) is 237 Å². The third-order valence-electron chi connectivity index (χ3n) is 4.45. The lowest BCUT2D eigenvalue weighted by atomic mass is 10.1. The Kier molecular flexibility index (Phi) is 10.5. The average Bonchev–Trinajstić information content (AvgIpc) is 2.72. The largest absolute Gasteiger partial charge is 0.480 e. The van der Waals surface area contributed by atoms with Crippen molar-refractivity contribution in [2.24, 2.45) is 17.2 Å². The Morgan fingerprint density at radius 1 is 0.818 bits per heavy atom. The van der Waals surface area contributed by atoms with Crippen LogP contribution >= 0.6 is 0 Å². The Bertz CT molecular complexity index is 892. The minimum absolute atomic E-state index is 0.173. The first-order valence-corrected chi connectivity index (χ1v) is 9.90. The molecule has 1 aromatic rings. The minimum Gasteiger partial charge on any atom is -0.480 e. The number of aliphatic carboxylic acids is 1. The number of nitrogens with two attached hydrogens (primary N) is 3. The van der Waals surface area contributed by atoms with E-state index in [4.69, 9.17) is 22.3 Å². The SMILES string of the molecule is CC(NC(=O)C(CC(N)=O)NC(=O)C(N)Cc1ccccc1)C(=O)NC(CC(N)=O)C(=O)O. The number of carboxylic acid groups (broad SMARTS) is 1. The maximum atomic E-state index is 12.6. The first-order valence-electron chi connectivity index (χ1n) is 9.90. The molecule has 0 aliphatic carbocycles. The Morgan fingerprint density at radius 3 is 1.85 bits per heavy atom. The van der Waals surface area contributed by atoms with E-state index >= 15 is 0 Å². The van der Waals surface area contributed by atoms with Crippen molar-refractivity contribution in [3.05, 3.63) is 35.9 Å². The number of hydrogen-bond donors (Lipinski definition) is 7. The van der Waals surface area contributed by atoms with Crippen LogP contribution in [0, 0.1) is 0 Å². The molecule has 180 valence electrons. The quantitative estimate of drug-likeness (QED) is 0.157. The summed E-state index contributed by atoms with van der Waals surface area (Å²) >= 11 is 0. The number of carbonyl (C=O) groups is 6. The number of hydrogen-bond acceptors (Lipinski definition) is 7. The van der Waals surface area contributed by atoms with Gasteiger partial charge >= 0.3 is 5.97 Å². The Labute approximate surface area is 189 Å². The van der Waals surface area contributed by atoms with E-state index in [1.54, 1.807) is 30.3 Å². The molecule has 0 radical (unpaired) electrons. The van der Waals surface area contributed by atoms with E-state index in [1.807, 2.05) is 0 Å². The molecule has 0 aliphatic rings. The van der Waals surface area contributed by atoms with Crippen LogP contribution in [-0.4, -0.2) is 64.8 Å². The van der Waals surface area contributed by atoms with Crippen LogP contribution in [0.4, 0.5) is 0 Å². The molecule has 13 heteroatoms. The number of carboxylic acids is 1. The molecule has 4 atom stereocenters. The first-order chi connectivity index (χ1) is 15.4. The van der Waals surface area contributed by atoms with Crippen molar-refractivity contribution in [3.8, 4) is 0 Å². The molecule has 0 saturated heterocycles. The summed E-state index contributed by atoms with van der Waals surface area (Å²) < 4.78 is 0. The highest BCUT2D eigenvalue weighted by Crippen LogP contribution is 2.03. The lowest BCUT2D eigenvalue weighted by Gasteiger charge is -2.22. The number of nitrogens with one attached hydrogen (secondary N) is 3. The molecule has 0 heterocycles. The van der Waals surface area contributed by atoms with Gasteiger partial charge in [0.2, 0.25) is 29.5 Å². The van der Waals surface area contributed by atoms with E-state index in [0.717, 1.165) is 5.56 Å². The van der Waals surface area contributed by atoms with Crippen LogP contribution in [0.15, 0.2) is 30.3 Å². The summed E-state index contributed by atoms with van der Waals surface area (Å²) in [6.45, 7) is 1.24. The van der Waals surface area contributed by atoms with Gasteiger partial charge in [0.25, 0.3) is 0 Å². The van der Waals surface area contributed by atoms with Gasteiger partial charge in [-0.05, 0) is 18.9 Å². The Morgan fingerprint density at radius 2 is 1.33 bits per heavy atom. The molecule has 1 rings (SSSR count). The second-order valence-corrected chi connectivity index (χ2v) is 7.33. The summed E-state index contributed by atoms with van der Waals surface area (Å²) in [5.41, 5.74) is 16.8. The minimum atomic E-state index is -1.59. The van der Waals surface area contributed by atoms with Gasteiger partial charge in [-0.3, -0.25) is 24.0 Å². The number of amides is 5. The third kappa shape index (κ3) is 9.78. The molecule has 0 aliphatic heterocycles. The maximum Gasteiger partial charge on any atom is 0.326 e. The van der Waals surface area contributed by atoms with E-state index in [1.165, 1.54) is 6.92 Å². The average molecular weight is 464 g/mol. The first kappa shape index (κ1) is 27.0. The second-order valence-electron chi connectivity index (χ2n) is 7.33. The predicted octanol–water partition coefficient (Wildman–Crippen LogP) is -3.13. The van der Waals surface area contributed by atoms with E-state index in [0.29, 0.717) is 0 Å². The van der Waals surface area contributed by atoms with Crippen molar-refractivity contribution in [2.75, 3.05) is 0 Å². The van der Waals surface area contributed by atoms with Crippen LogP contribution in [0.25, 0.3) is 0 Å². The molecule has 0 saturated carbocycles.